The molecule has 0 radical (unpaired) electrons. The zero-order chi connectivity index (χ0) is 14.3. The van der Waals surface area contributed by atoms with Gasteiger partial charge in [-0.1, -0.05) is 27.7 Å². The molecule has 0 saturated heterocycles. The number of carbonyl (C=O) groups is 2. The molecule has 5 nitrogen and oxygen atoms in total. The van der Waals surface area contributed by atoms with E-state index in [0.717, 1.165) is 6.54 Å². The summed E-state index contributed by atoms with van der Waals surface area (Å²) < 4.78 is 0. The number of nitrogens with one attached hydrogen (secondary N) is 3. The van der Waals surface area contributed by atoms with E-state index < -0.39 is 11.5 Å². The lowest BCUT2D eigenvalue weighted by molar-refractivity contribution is -0.133. The monoisotopic (exact) mass is 293 g/mol. The fraction of sp³-hybridized carbons (Fsp3) is 0.846. The smallest absolute Gasteiger partial charge is 0.242 e. The van der Waals surface area contributed by atoms with Crippen LogP contribution in [0.2, 0.25) is 0 Å². The van der Waals surface area contributed by atoms with Crippen molar-refractivity contribution in [2.75, 3.05) is 13.1 Å². The summed E-state index contributed by atoms with van der Waals surface area (Å²) in [6, 6.07) is -0.282. The van der Waals surface area contributed by atoms with Crippen molar-refractivity contribution in [1.29, 1.82) is 0 Å². The number of likely N-dealkylation sites (N-methyl/N-ethyl adjacent to an activating group) is 1. The van der Waals surface area contributed by atoms with Crippen molar-refractivity contribution in [1.82, 2.24) is 16.0 Å². The van der Waals surface area contributed by atoms with E-state index in [1.54, 1.807) is 6.92 Å². The molecule has 0 saturated carbocycles. The van der Waals surface area contributed by atoms with Crippen LogP contribution in [0.15, 0.2) is 0 Å². The van der Waals surface area contributed by atoms with Gasteiger partial charge in [-0.15, -0.1) is 12.4 Å². The second-order valence-electron chi connectivity index (χ2n) is 5.65. The molecule has 6 heteroatoms. The first-order valence-electron chi connectivity index (χ1n) is 6.50. The minimum atomic E-state index is -0.509. The maximum Gasteiger partial charge on any atom is 0.242 e. The summed E-state index contributed by atoms with van der Waals surface area (Å²) in [7, 11) is 0. The molecule has 0 aromatic rings. The summed E-state index contributed by atoms with van der Waals surface area (Å²) in [5, 5.41) is 8.71. The van der Waals surface area contributed by atoms with Gasteiger partial charge in [0.05, 0.1) is 0 Å². The van der Waals surface area contributed by atoms with Crippen LogP contribution in [0.25, 0.3) is 0 Å². The van der Waals surface area contributed by atoms with Crippen molar-refractivity contribution >= 4 is 24.2 Å². The van der Waals surface area contributed by atoms with Crippen LogP contribution in [0.3, 0.4) is 0 Å². The van der Waals surface area contributed by atoms with E-state index in [1.165, 1.54) is 0 Å². The van der Waals surface area contributed by atoms with E-state index in [1.807, 2.05) is 34.6 Å². The molecule has 1 unspecified atom stereocenters. The van der Waals surface area contributed by atoms with Gasteiger partial charge in [0, 0.05) is 18.0 Å². The van der Waals surface area contributed by atoms with Gasteiger partial charge < -0.3 is 16.0 Å². The minimum absolute atomic E-state index is 0. The van der Waals surface area contributed by atoms with E-state index >= 15 is 0 Å². The molecule has 0 aliphatic rings. The van der Waals surface area contributed by atoms with E-state index in [2.05, 4.69) is 16.0 Å². The van der Waals surface area contributed by atoms with Crippen LogP contribution in [0.5, 0.6) is 0 Å². The molecule has 2 atom stereocenters. The highest BCUT2D eigenvalue weighted by atomic mass is 35.5. The normalized spacial score (nSPS) is 14.0. The third kappa shape index (κ3) is 8.83. The Hall–Kier alpha value is -0.810. The van der Waals surface area contributed by atoms with Gasteiger partial charge >= 0.3 is 0 Å². The highest BCUT2D eigenvalue weighted by Gasteiger charge is 2.24. The number of halogens is 1. The first-order valence-corrected chi connectivity index (χ1v) is 6.50. The van der Waals surface area contributed by atoms with Crippen molar-refractivity contribution in [3.63, 3.8) is 0 Å². The Bertz CT molecular complexity index is 290. The first kappa shape index (κ1) is 20.5. The van der Waals surface area contributed by atoms with Crippen LogP contribution < -0.4 is 16.0 Å². The lowest BCUT2D eigenvalue weighted by atomic mass is 9.95. The van der Waals surface area contributed by atoms with Crippen LogP contribution in [0.1, 0.15) is 41.5 Å². The third-order valence-corrected chi connectivity index (χ3v) is 2.56. The third-order valence-electron chi connectivity index (χ3n) is 2.56. The molecule has 0 aromatic heterocycles. The molecule has 0 rings (SSSR count). The lowest BCUT2D eigenvalue weighted by Gasteiger charge is -2.22. The zero-order valence-corrected chi connectivity index (χ0v) is 13.6. The standard InChI is InChI=1S/C13H27N3O2.ClH/c1-7-14-9(2)8-15-11(17)10(3)16-12(18)13(4,5)6;/h9-10,14H,7-8H2,1-6H3,(H,15,17)(H,16,18);1H/t9-,10?;/m1./s1. The summed E-state index contributed by atoms with van der Waals surface area (Å²) >= 11 is 0. The Morgan fingerprint density at radius 1 is 1.16 bits per heavy atom. The van der Waals surface area contributed by atoms with E-state index in [-0.39, 0.29) is 30.3 Å². The van der Waals surface area contributed by atoms with Gasteiger partial charge in [0.15, 0.2) is 0 Å². The quantitative estimate of drug-likeness (QED) is 0.686. The molecule has 0 fully saturated rings. The van der Waals surface area contributed by atoms with Gasteiger partial charge in [-0.2, -0.15) is 0 Å². The maximum absolute atomic E-state index is 11.8. The Morgan fingerprint density at radius 2 is 1.68 bits per heavy atom. The molecule has 2 amide bonds. The topological polar surface area (TPSA) is 70.2 Å². The second kappa shape index (κ2) is 9.15. The van der Waals surface area contributed by atoms with Crippen LogP contribution in [-0.2, 0) is 9.59 Å². The zero-order valence-electron chi connectivity index (χ0n) is 12.8. The van der Waals surface area contributed by atoms with Gasteiger partial charge in [-0.25, -0.2) is 0 Å². The summed E-state index contributed by atoms with van der Waals surface area (Å²) in [5.41, 5.74) is -0.481. The maximum atomic E-state index is 11.8. The number of hydrogen-bond donors (Lipinski definition) is 3. The Kier molecular flexibility index (Phi) is 9.88. The largest absolute Gasteiger partial charge is 0.353 e. The van der Waals surface area contributed by atoms with Crippen molar-refractivity contribution in [3.05, 3.63) is 0 Å². The fourth-order valence-electron chi connectivity index (χ4n) is 1.31. The molecular formula is C13H28ClN3O2. The summed E-state index contributed by atoms with van der Waals surface area (Å²) in [5.74, 6) is -0.276. The molecular weight excluding hydrogens is 266 g/mol. The predicted octanol–water partition coefficient (Wildman–Crippen LogP) is 1.07. The first-order chi connectivity index (χ1) is 8.18. The molecule has 0 heterocycles. The average molecular weight is 294 g/mol. The summed E-state index contributed by atoms with van der Waals surface area (Å²) in [6.45, 7) is 12.6. The number of rotatable bonds is 6. The van der Waals surface area contributed by atoms with E-state index in [4.69, 9.17) is 0 Å². The van der Waals surface area contributed by atoms with E-state index in [9.17, 15) is 9.59 Å². The highest BCUT2D eigenvalue weighted by Crippen LogP contribution is 2.12. The Labute approximate surface area is 122 Å². The van der Waals surface area contributed by atoms with Gasteiger partial charge in [-0.05, 0) is 20.4 Å². The van der Waals surface area contributed by atoms with E-state index in [0.29, 0.717) is 6.54 Å². The fourth-order valence-corrected chi connectivity index (χ4v) is 1.31. The van der Waals surface area contributed by atoms with Crippen molar-refractivity contribution < 1.29 is 9.59 Å². The van der Waals surface area contributed by atoms with Gasteiger partial charge in [0.25, 0.3) is 0 Å². The van der Waals surface area contributed by atoms with Crippen molar-refractivity contribution in [2.45, 2.75) is 53.6 Å². The van der Waals surface area contributed by atoms with Gasteiger partial charge in [-0.3, -0.25) is 9.59 Å². The van der Waals surface area contributed by atoms with Crippen LogP contribution >= 0.6 is 12.4 Å². The highest BCUT2D eigenvalue weighted by molar-refractivity contribution is 5.89. The predicted molar refractivity (Wildman–Crippen MR) is 80.5 cm³/mol. The molecule has 3 N–H and O–H groups in total. The van der Waals surface area contributed by atoms with Crippen molar-refractivity contribution in [2.24, 2.45) is 5.41 Å². The minimum Gasteiger partial charge on any atom is -0.353 e. The summed E-state index contributed by atoms with van der Waals surface area (Å²) in [4.78, 5) is 23.5. The Morgan fingerprint density at radius 3 is 2.11 bits per heavy atom. The molecule has 0 spiro atoms. The molecule has 0 aliphatic carbocycles. The van der Waals surface area contributed by atoms with Crippen molar-refractivity contribution in [3.8, 4) is 0 Å². The summed E-state index contributed by atoms with van der Waals surface area (Å²) in [6.07, 6.45) is 0. The molecule has 0 aliphatic heterocycles. The average Bonchev–Trinajstić information content (AvgIpc) is 2.24. The van der Waals surface area contributed by atoms with Gasteiger partial charge in [0.2, 0.25) is 11.8 Å². The van der Waals surface area contributed by atoms with Gasteiger partial charge in [0.1, 0.15) is 6.04 Å². The molecule has 19 heavy (non-hydrogen) atoms. The molecule has 0 bridgehead atoms. The van der Waals surface area contributed by atoms with Crippen LogP contribution in [-0.4, -0.2) is 37.0 Å². The van der Waals surface area contributed by atoms with Crippen LogP contribution in [0, 0.1) is 5.41 Å². The number of carbonyl (C=O) groups excluding carboxylic acids is 2. The lowest BCUT2D eigenvalue weighted by Crippen LogP contribution is -2.50. The number of hydrogen-bond acceptors (Lipinski definition) is 3. The Balaban J connectivity index is 0. The SMILES string of the molecule is CCN[C@H](C)CNC(=O)C(C)NC(=O)C(C)(C)C.Cl. The number of amides is 2. The second-order valence-corrected chi connectivity index (χ2v) is 5.65. The van der Waals surface area contributed by atoms with Crippen LogP contribution in [0.4, 0.5) is 0 Å². The molecule has 0 aromatic carbocycles. The molecule has 114 valence electrons.